The number of hydrogen-bond donors (Lipinski definition) is 1. The summed E-state index contributed by atoms with van der Waals surface area (Å²) < 4.78 is 0. The molecular formula is C12H22O3. The normalized spacial score (nSPS) is 12.4. The zero-order chi connectivity index (χ0) is 12.1. The van der Waals surface area contributed by atoms with Gasteiger partial charge in [-0.25, -0.2) is 0 Å². The van der Waals surface area contributed by atoms with Crippen LogP contribution in [0.5, 0.6) is 0 Å². The highest BCUT2D eigenvalue weighted by Crippen LogP contribution is 1.99. The molecule has 0 aromatic carbocycles. The van der Waals surface area contributed by atoms with Gasteiger partial charge in [0.1, 0.15) is 12.6 Å². The van der Waals surface area contributed by atoms with Gasteiger partial charge in [0.25, 0.3) is 0 Å². The number of rotatable bonds is 6. The zero-order valence-corrected chi connectivity index (χ0v) is 9.90. The summed E-state index contributed by atoms with van der Waals surface area (Å²) in [6, 6.07) is 0. The summed E-state index contributed by atoms with van der Waals surface area (Å²) in [5.41, 5.74) is 0.928. The van der Waals surface area contributed by atoms with Gasteiger partial charge in [-0.15, -0.1) is 0 Å². The molecular weight excluding hydrogens is 192 g/mol. The number of aldehydes is 2. The van der Waals surface area contributed by atoms with Crippen LogP contribution >= 0.6 is 0 Å². The van der Waals surface area contributed by atoms with Crippen LogP contribution in [0.1, 0.15) is 46.5 Å². The maximum Gasteiger partial charge on any atom is 0.145 e. The first kappa shape index (κ1) is 16.5. The van der Waals surface area contributed by atoms with E-state index < -0.39 is 6.10 Å². The summed E-state index contributed by atoms with van der Waals surface area (Å²) in [5.74, 6) is 0. The highest BCUT2D eigenvalue weighted by Gasteiger charge is 1.87. The van der Waals surface area contributed by atoms with Gasteiger partial charge in [0.15, 0.2) is 0 Å². The molecule has 0 saturated heterocycles. The molecule has 0 aromatic heterocycles. The van der Waals surface area contributed by atoms with E-state index in [4.69, 9.17) is 5.11 Å². The second-order valence-electron chi connectivity index (χ2n) is 3.29. The summed E-state index contributed by atoms with van der Waals surface area (Å²) in [7, 11) is 0. The van der Waals surface area contributed by atoms with Gasteiger partial charge in [-0.1, -0.05) is 26.3 Å². The molecule has 0 aliphatic rings. The lowest BCUT2D eigenvalue weighted by Crippen LogP contribution is -1.97. The monoisotopic (exact) mass is 214 g/mol. The number of carbonyl (C=O) groups is 2. The fourth-order valence-electron chi connectivity index (χ4n) is 0.745. The molecule has 0 saturated carbocycles. The molecule has 3 nitrogen and oxygen atoms in total. The van der Waals surface area contributed by atoms with E-state index in [0.29, 0.717) is 6.29 Å². The number of carbonyl (C=O) groups excluding carboxylic acids is 2. The third-order valence-electron chi connectivity index (χ3n) is 1.69. The number of aliphatic hydroxyl groups is 1. The van der Waals surface area contributed by atoms with Crippen LogP contribution in [0.2, 0.25) is 0 Å². The van der Waals surface area contributed by atoms with Crippen LogP contribution in [-0.4, -0.2) is 23.8 Å². The Hall–Kier alpha value is -0.960. The second kappa shape index (κ2) is 13.0. The highest BCUT2D eigenvalue weighted by atomic mass is 16.3. The van der Waals surface area contributed by atoms with Crippen molar-refractivity contribution in [3.63, 3.8) is 0 Å². The van der Waals surface area contributed by atoms with E-state index in [1.54, 1.807) is 6.92 Å². The number of unbranched alkanes of at least 4 members (excludes halogenated alkanes) is 1. The second-order valence-corrected chi connectivity index (χ2v) is 3.29. The van der Waals surface area contributed by atoms with Crippen molar-refractivity contribution >= 4 is 12.6 Å². The molecule has 0 rings (SSSR count). The van der Waals surface area contributed by atoms with Gasteiger partial charge < -0.3 is 9.90 Å². The minimum Gasteiger partial charge on any atom is -0.393 e. The van der Waals surface area contributed by atoms with Crippen molar-refractivity contribution in [3.05, 3.63) is 11.6 Å². The average molecular weight is 214 g/mol. The molecule has 3 heteroatoms. The molecule has 1 atom stereocenters. The standard InChI is InChI=1S/C8H14O.C4H8O2/c1-3-5-6-8(4-2)7-9;1-4(6)2-3-5/h6-7H,3-5H2,1-2H3;3-4,6H,2H2,1H3. The topological polar surface area (TPSA) is 54.4 Å². The molecule has 0 amide bonds. The third kappa shape index (κ3) is 15.8. The molecule has 0 aromatic rings. The minimum absolute atomic E-state index is 0.250. The van der Waals surface area contributed by atoms with E-state index in [9.17, 15) is 9.59 Å². The smallest absolute Gasteiger partial charge is 0.145 e. The Morgan fingerprint density at radius 2 is 1.93 bits per heavy atom. The Morgan fingerprint density at radius 3 is 2.13 bits per heavy atom. The first-order valence-corrected chi connectivity index (χ1v) is 5.38. The summed E-state index contributed by atoms with van der Waals surface area (Å²) >= 11 is 0. The van der Waals surface area contributed by atoms with Crippen LogP contribution in [0.15, 0.2) is 11.6 Å². The molecule has 0 fully saturated rings. The first-order valence-electron chi connectivity index (χ1n) is 5.38. The van der Waals surface area contributed by atoms with Crippen molar-refractivity contribution in [1.82, 2.24) is 0 Å². The van der Waals surface area contributed by atoms with Crippen molar-refractivity contribution in [2.45, 2.75) is 52.6 Å². The van der Waals surface area contributed by atoms with Gasteiger partial charge >= 0.3 is 0 Å². The molecule has 88 valence electrons. The van der Waals surface area contributed by atoms with Gasteiger partial charge in [-0.05, 0) is 25.3 Å². The van der Waals surface area contributed by atoms with E-state index >= 15 is 0 Å². The third-order valence-corrected chi connectivity index (χ3v) is 1.69. The van der Waals surface area contributed by atoms with E-state index in [1.807, 2.05) is 13.0 Å². The summed E-state index contributed by atoms with van der Waals surface area (Å²) in [6.45, 7) is 5.68. The largest absolute Gasteiger partial charge is 0.393 e. The van der Waals surface area contributed by atoms with Crippen LogP contribution < -0.4 is 0 Å². The van der Waals surface area contributed by atoms with Gasteiger partial charge in [0, 0.05) is 6.42 Å². The van der Waals surface area contributed by atoms with E-state index in [-0.39, 0.29) is 6.42 Å². The number of allylic oxidation sites excluding steroid dienone is 2. The molecule has 15 heavy (non-hydrogen) atoms. The first-order chi connectivity index (χ1) is 7.12. The lowest BCUT2D eigenvalue weighted by atomic mass is 10.2. The SMILES string of the molecule is CC(O)CC=O.CCCC=C(C=O)CC. The van der Waals surface area contributed by atoms with E-state index in [2.05, 4.69) is 6.92 Å². The van der Waals surface area contributed by atoms with Crippen LogP contribution in [0.3, 0.4) is 0 Å². The van der Waals surface area contributed by atoms with Crippen LogP contribution in [0.25, 0.3) is 0 Å². The molecule has 0 spiro atoms. The molecule has 0 aliphatic heterocycles. The van der Waals surface area contributed by atoms with Crippen LogP contribution in [0, 0.1) is 0 Å². The van der Waals surface area contributed by atoms with Crippen molar-refractivity contribution in [3.8, 4) is 0 Å². The summed E-state index contributed by atoms with van der Waals surface area (Å²) in [5, 5.41) is 8.32. The van der Waals surface area contributed by atoms with Gasteiger partial charge in [0.05, 0.1) is 6.10 Å². The van der Waals surface area contributed by atoms with Crippen molar-refractivity contribution < 1.29 is 14.7 Å². The number of hydrogen-bond acceptors (Lipinski definition) is 3. The molecule has 0 radical (unpaired) electrons. The van der Waals surface area contributed by atoms with Crippen molar-refractivity contribution in [2.75, 3.05) is 0 Å². The minimum atomic E-state index is -0.470. The molecule has 1 unspecified atom stereocenters. The lowest BCUT2D eigenvalue weighted by molar-refractivity contribution is -0.109. The highest BCUT2D eigenvalue weighted by molar-refractivity contribution is 5.72. The average Bonchev–Trinajstić information content (AvgIpc) is 2.20. The Morgan fingerprint density at radius 1 is 1.33 bits per heavy atom. The van der Waals surface area contributed by atoms with Crippen molar-refractivity contribution in [2.24, 2.45) is 0 Å². The van der Waals surface area contributed by atoms with Crippen LogP contribution in [-0.2, 0) is 9.59 Å². The van der Waals surface area contributed by atoms with Gasteiger partial charge in [-0.3, -0.25) is 4.79 Å². The Labute approximate surface area is 92.2 Å². The van der Waals surface area contributed by atoms with Gasteiger partial charge in [0.2, 0.25) is 0 Å². The van der Waals surface area contributed by atoms with E-state index in [0.717, 1.165) is 31.1 Å². The predicted molar refractivity (Wildman–Crippen MR) is 61.7 cm³/mol. The maximum atomic E-state index is 10.2. The summed E-state index contributed by atoms with van der Waals surface area (Å²) in [4.78, 5) is 19.6. The fraction of sp³-hybridized carbons (Fsp3) is 0.667. The maximum absolute atomic E-state index is 10.2. The zero-order valence-electron chi connectivity index (χ0n) is 9.90. The predicted octanol–water partition coefficient (Wildman–Crippen LogP) is 2.28. The summed E-state index contributed by atoms with van der Waals surface area (Å²) in [6.07, 6.45) is 6.44. The molecule has 0 heterocycles. The van der Waals surface area contributed by atoms with Crippen LogP contribution in [0.4, 0.5) is 0 Å². The Kier molecular flexibility index (Phi) is 14.3. The Bertz CT molecular complexity index is 183. The fourth-order valence-corrected chi connectivity index (χ4v) is 0.745. The molecule has 0 bridgehead atoms. The van der Waals surface area contributed by atoms with Gasteiger partial charge in [-0.2, -0.15) is 0 Å². The molecule has 0 aliphatic carbocycles. The lowest BCUT2D eigenvalue weighted by Gasteiger charge is -1.90. The Balaban J connectivity index is 0. The molecule has 1 N–H and O–H groups in total. The number of aliphatic hydroxyl groups excluding tert-OH is 1. The quantitative estimate of drug-likeness (QED) is 0.545. The van der Waals surface area contributed by atoms with Crippen molar-refractivity contribution in [1.29, 1.82) is 0 Å². The van der Waals surface area contributed by atoms with E-state index in [1.165, 1.54) is 0 Å².